The molecule has 0 amide bonds. The maximum absolute atomic E-state index is 3.58. The molecule has 0 aromatic heterocycles. The molecule has 0 unspecified atom stereocenters. The Balaban J connectivity index is 4.68. The van der Waals surface area contributed by atoms with Gasteiger partial charge in [-0.25, -0.2) is 0 Å². The van der Waals surface area contributed by atoms with Crippen molar-refractivity contribution < 1.29 is 0 Å². The van der Waals surface area contributed by atoms with Crippen molar-refractivity contribution in [3.63, 3.8) is 0 Å². The van der Waals surface area contributed by atoms with E-state index in [2.05, 4.69) is 58.4 Å². The van der Waals surface area contributed by atoms with Crippen molar-refractivity contribution in [2.75, 3.05) is 0 Å². The molecule has 50 valence electrons. The van der Waals surface area contributed by atoms with Crippen LogP contribution in [0, 0.1) is 0 Å². The van der Waals surface area contributed by atoms with Crippen molar-refractivity contribution in [1.82, 2.24) is 0 Å². The van der Waals surface area contributed by atoms with Gasteiger partial charge in [-0.1, -0.05) is 11.5 Å². The van der Waals surface area contributed by atoms with Crippen molar-refractivity contribution in [1.29, 1.82) is 0 Å². The molecule has 0 rings (SSSR count). The van der Waals surface area contributed by atoms with Crippen LogP contribution in [-0.2, 0) is 0 Å². The number of nitrogens with zero attached hydrogens (tertiary/aromatic N) is 1. The molecule has 0 heterocycles. The maximum Gasteiger partial charge on any atom is 0.0884 e. The Labute approximate surface area is 65.4 Å². The summed E-state index contributed by atoms with van der Waals surface area (Å²) >= 11 is 0. The summed E-state index contributed by atoms with van der Waals surface area (Å²) in [6, 6.07) is 0. The van der Waals surface area contributed by atoms with E-state index in [1.165, 1.54) is 6.20 Å². The second-order valence-corrected chi connectivity index (χ2v) is 1.24. The van der Waals surface area contributed by atoms with Crippen LogP contribution >= 0.6 is 0 Å². The Hall–Kier alpha value is -2.13. The van der Waals surface area contributed by atoms with Crippen LogP contribution in [0.1, 0.15) is 0 Å². The molecular weight excluding hydrogens is 134 g/mol. The first-order valence-corrected chi connectivity index (χ1v) is 2.73. The third-order valence-corrected chi connectivity index (χ3v) is 0.561. The number of hydrogen-bond donors (Lipinski definition) is 0. The normalized spacial score (nSPS) is 4.36. The molecule has 0 aromatic carbocycles. The second-order valence-electron chi connectivity index (χ2n) is 1.24. The molecule has 0 saturated carbocycles. The number of aliphatic imine (C=N–C) groups is 1. The predicted molar refractivity (Wildman–Crippen MR) is 44.3 cm³/mol. The standard InChI is InChI=1S/C10H5N/c1-3-5-7-8-10-11-9-6-4-2/h10H,1-2H2. The second kappa shape index (κ2) is 7.87. The third kappa shape index (κ3) is 7.87. The molecule has 0 radical (unpaired) electrons. The van der Waals surface area contributed by atoms with Gasteiger partial charge in [0.15, 0.2) is 0 Å². The van der Waals surface area contributed by atoms with Crippen molar-refractivity contribution in [3.8, 4) is 0 Å². The lowest BCUT2D eigenvalue weighted by atomic mass is 10.7. The highest BCUT2D eigenvalue weighted by atomic mass is 14.6. The van der Waals surface area contributed by atoms with Gasteiger partial charge in [-0.05, 0) is 30.4 Å². The van der Waals surface area contributed by atoms with E-state index in [1.807, 2.05) is 0 Å². The minimum absolute atomic E-state index is 1.36. The quantitative estimate of drug-likeness (QED) is 0.388. The van der Waals surface area contributed by atoms with Crippen LogP contribution in [-0.4, -0.2) is 5.87 Å². The van der Waals surface area contributed by atoms with E-state index in [1.54, 1.807) is 0 Å². The van der Waals surface area contributed by atoms with Gasteiger partial charge in [-0.2, -0.15) is 4.99 Å². The van der Waals surface area contributed by atoms with E-state index in [0.717, 1.165) is 0 Å². The zero-order valence-electron chi connectivity index (χ0n) is 5.94. The molecule has 0 aliphatic heterocycles. The predicted octanol–water partition coefficient (Wildman–Crippen LogP) is 1.92. The molecule has 11 heavy (non-hydrogen) atoms. The maximum atomic E-state index is 3.58. The van der Waals surface area contributed by atoms with E-state index < -0.39 is 0 Å². The largest absolute Gasteiger partial charge is 0.196 e. The van der Waals surface area contributed by atoms with Crippen LogP contribution in [0.4, 0.5) is 0 Å². The number of rotatable bonds is 1. The van der Waals surface area contributed by atoms with Crippen LogP contribution in [0.3, 0.4) is 0 Å². The first kappa shape index (κ1) is 8.87. The fraction of sp³-hybridized carbons (Fsp3) is 0. The fourth-order valence-corrected chi connectivity index (χ4v) is 0.249. The minimum atomic E-state index is 1.36. The van der Waals surface area contributed by atoms with Gasteiger partial charge in [0, 0.05) is 11.6 Å². The molecule has 0 aromatic rings. The van der Waals surface area contributed by atoms with Gasteiger partial charge in [-0.3, -0.25) is 0 Å². The lowest BCUT2D eigenvalue weighted by Gasteiger charge is -1.53. The van der Waals surface area contributed by atoms with E-state index >= 15 is 0 Å². The van der Waals surface area contributed by atoms with E-state index in [4.69, 9.17) is 0 Å². The smallest absolute Gasteiger partial charge is 0.0884 e. The van der Waals surface area contributed by atoms with E-state index in [-0.39, 0.29) is 0 Å². The van der Waals surface area contributed by atoms with Crippen LogP contribution in [0.15, 0.2) is 58.7 Å². The Kier molecular flexibility index (Phi) is 6.35. The topological polar surface area (TPSA) is 12.4 Å². The summed E-state index contributed by atoms with van der Waals surface area (Å²) in [5.41, 5.74) is 14.6. The van der Waals surface area contributed by atoms with Crippen molar-refractivity contribution in [3.05, 3.63) is 53.7 Å². The molecule has 0 fully saturated rings. The van der Waals surface area contributed by atoms with Gasteiger partial charge in [0.2, 0.25) is 0 Å². The Bertz CT molecular complexity index is 384. The summed E-state index contributed by atoms with van der Waals surface area (Å²) < 4.78 is 0. The van der Waals surface area contributed by atoms with Gasteiger partial charge in [0.1, 0.15) is 0 Å². The van der Waals surface area contributed by atoms with Crippen molar-refractivity contribution in [2.45, 2.75) is 0 Å². The molecular formula is C10H5N. The molecule has 0 aliphatic rings. The molecule has 0 aliphatic carbocycles. The van der Waals surface area contributed by atoms with E-state index in [9.17, 15) is 0 Å². The van der Waals surface area contributed by atoms with Gasteiger partial charge >= 0.3 is 0 Å². The summed E-state index contributed by atoms with van der Waals surface area (Å²) in [4.78, 5) is 3.58. The highest BCUT2D eigenvalue weighted by Gasteiger charge is 1.47. The SMILES string of the molecule is C=C=C=C=C=CN=C=C=C=C. The van der Waals surface area contributed by atoms with Crippen LogP contribution in [0.25, 0.3) is 0 Å². The molecule has 0 saturated heterocycles. The van der Waals surface area contributed by atoms with Gasteiger partial charge in [0.05, 0.1) is 6.20 Å². The average molecular weight is 139 g/mol. The molecule has 1 heteroatoms. The monoisotopic (exact) mass is 139 g/mol. The lowest BCUT2D eigenvalue weighted by Crippen LogP contribution is -1.41. The molecule has 1 nitrogen and oxygen atoms in total. The zero-order valence-corrected chi connectivity index (χ0v) is 5.94. The first-order chi connectivity index (χ1) is 5.41. The zero-order chi connectivity index (χ0) is 8.36. The summed E-state index contributed by atoms with van der Waals surface area (Å²) in [5, 5.41) is 0. The third-order valence-electron chi connectivity index (χ3n) is 0.561. The fourth-order valence-electron chi connectivity index (χ4n) is 0.249. The van der Waals surface area contributed by atoms with E-state index in [0.29, 0.717) is 0 Å². The summed E-state index contributed by atoms with van der Waals surface area (Å²) in [7, 11) is 0. The summed E-state index contributed by atoms with van der Waals surface area (Å²) in [6.07, 6.45) is 1.36. The van der Waals surface area contributed by atoms with Crippen molar-refractivity contribution in [2.24, 2.45) is 4.99 Å². The molecule has 0 bridgehead atoms. The first-order valence-electron chi connectivity index (χ1n) is 2.73. The molecule has 0 atom stereocenters. The highest BCUT2D eigenvalue weighted by molar-refractivity contribution is 5.50. The Morgan fingerprint density at radius 1 is 1.00 bits per heavy atom. The van der Waals surface area contributed by atoms with Crippen LogP contribution < -0.4 is 0 Å². The van der Waals surface area contributed by atoms with Crippen LogP contribution in [0.5, 0.6) is 0 Å². The van der Waals surface area contributed by atoms with Crippen LogP contribution in [0.2, 0.25) is 0 Å². The molecule has 0 spiro atoms. The minimum Gasteiger partial charge on any atom is -0.196 e. The van der Waals surface area contributed by atoms with Gasteiger partial charge in [-0.15, -0.1) is 0 Å². The lowest BCUT2D eigenvalue weighted by molar-refractivity contribution is 1.63. The highest BCUT2D eigenvalue weighted by Crippen LogP contribution is 1.62. The summed E-state index contributed by atoms with van der Waals surface area (Å²) in [6.45, 7) is 6.55. The molecule has 0 N–H and O–H groups in total. The van der Waals surface area contributed by atoms with Gasteiger partial charge < -0.3 is 0 Å². The number of hydrogen-bond acceptors (Lipinski definition) is 1. The van der Waals surface area contributed by atoms with Crippen molar-refractivity contribution >= 4 is 5.87 Å². The average Bonchev–Trinajstić information content (AvgIpc) is 2.03. The Morgan fingerprint density at radius 2 is 1.73 bits per heavy atom. The Morgan fingerprint density at radius 3 is 2.36 bits per heavy atom. The van der Waals surface area contributed by atoms with Gasteiger partial charge in [0.25, 0.3) is 0 Å². The summed E-state index contributed by atoms with van der Waals surface area (Å²) in [5.74, 6) is 2.39.